The van der Waals surface area contributed by atoms with E-state index in [0.717, 1.165) is 32.1 Å². The van der Waals surface area contributed by atoms with Gasteiger partial charge in [-0.05, 0) is 110 Å². The van der Waals surface area contributed by atoms with E-state index >= 15 is 0 Å². The molecule has 0 saturated carbocycles. The van der Waals surface area contributed by atoms with Gasteiger partial charge in [0, 0.05) is 5.41 Å². The highest BCUT2D eigenvalue weighted by Crippen LogP contribution is 2.55. The zero-order chi connectivity index (χ0) is 39.5. The molecule has 2 aliphatic carbocycles. The maximum absolute atomic E-state index is 2.46. The molecule has 0 spiro atoms. The first-order valence-electron chi connectivity index (χ1n) is 21.0. The van der Waals surface area contributed by atoms with Crippen molar-refractivity contribution in [2.75, 3.05) is 0 Å². The van der Waals surface area contributed by atoms with Crippen LogP contribution in [0.3, 0.4) is 0 Å². The third-order valence-electron chi connectivity index (χ3n) is 11.4. The van der Waals surface area contributed by atoms with E-state index in [9.17, 15) is 0 Å². The van der Waals surface area contributed by atoms with Crippen molar-refractivity contribution in [2.45, 2.75) is 71.6 Å². The van der Waals surface area contributed by atoms with Crippen LogP contribution in [-0.4, -0.2) is 0 Å². The molecular formula is C57H56. The maximum Gasteiger partial charge on any atom is 0.0193 e. The summed E-state index contributed by atoms with van der Waals surface area (Å²) in [7, 11) is 0. The van der Waals surface area contributed by atoms with E-state index in [1.165, 1.54) is 84.3 Å². The molecule has 284 valence electrons. The Hall–Kier alpha value is -5.98. The van der Waals surface area contributed by atoms with Crippen LogP contribution in [0.5, 0.6) is 0 Å². The topological polar surface area (TPSA) is 0 Å². The smallest absolute Gasteiger partial charge is 0.0193 e. The number of aryl methyl sites for hydroxylation is 2. The Kier molecular flexibility index (Phi) is 12.9. The number of hydrogen-bond donors (Lipinski definition) is 0. The van der Waals surface area contributed by atoms with E-state index in [-0.39, 0.29) is 5.41 Å². The fourth-order valence-corrected chi connectivity index (χ4v) is 8.73. The number of hydrogen-bond acceptors (Lipinski definition) is 0. The molecule has 0 saturated heterocycles. The molecule has 0 aliphatic heterocycles. The molecule has 0 fully saturated rings. The summed E-state index contributed by atoms with van der Waals surface area (Å²) in [5.74, 6) is 0. The van der Waals surface area contributed by atoms with E-state index in [4.69, 9.17) is 0 Å². The summed E-state index contributed by atoms with van der Waals surface area (Å²) in [4.78, 5) is 0. The second-order valence-electron chi connectivity index (χ2n) is 15.5. The molecule has 0 bridgehead atoms. The zero-order valence-corrected chi connectivity index (χ0v) is 34.2. The minimum absolute atomic E-state index is 0.0213. The summed E-state index contributed by atoms with van der Waals surface area (Å²) in [6.45, 7) is 8.93. The predicted molar refractivity (Wildman–Crippen MR) is 246 cm³/mol. The average molecular weight is 741 g/mol. The summed E-state index contributed by atoms with van der Waals surface area (Å²) in [6, 6.07) is 70.4. The van der Waals surface area contributed by atoms with E-state index in [0.29, 0.717) is 0 Å². The molecule has 9 rings (SSSR count). The van der Waals surface area contributed by atoms with Crippen molar-refractivity contribution in [1.82, 2.24) is 0 Å². The first-order valence-corrected chi connectivity index (χ1v) is 21.0. The van der Waals surface area contributed by atoms with Crippen LogP contribution in [0.2, 0.25) is 0 Å². The minimum atomic E-state index is -0.0213. The Morgan fingerprint density at radius 2 is 0.895 bits per heavy atom. The fourth-order valence-electron chi connectivity index (χ4n) is 8.73. The first kappa shape index (κ1) is 39.3. The molecule has 7 aromatic carbocycles. The van der Waals surface area contributed by atoms with Gasteiger partial charge in [0.15, 0.2) is 0 Å². The summed E-state index contributed by atoms with van der Waals surface area (Å²) in [5, 5.41) is 0. The second kappa shape index (κ2) is 18.8. The Balaban J connectivity index is 0.000000177. The fraction of sp³-hybridized carbons (Fsp3) is 0.193. The number of fused-ring (bicyclic) bond motifs is 2. The summed E-state index contributed by atoms with van der Waals surface area (Å²) < 4.78 is 0. The van der Waals surface area contributed by atoms with Gasteiger partial charge >= 0.3 is 0 Å². The quantitative estimate of drug-likeness (QED) is 0.138. The van der Waals surface area contributed by atoms with Crippen LogP contribution >= 0.6 is 0 Å². The van der Waals surface area contributed by atoms with Gasteiger partial charge in [-0.15, -0.1) is 0 Å². The molecule has 0 heterocycles. The minimum Gasteiger partial charge on any atom is -0.0656 e. The molecule has 57 heavy (non-hydrogen) atoms. The van der Waals surface area contributed by atoms with Gasteiger partial charge in [0.1, 0.15) is 0 Å². The molecule has 0 N–H and O–H groups in total. The third-order valence-corrected chi connectivity index (χ3v) is 11.4. The van der Waals surface area contributed by atoms with Gasteiger partial charge < -0.3 is 0 Å². The SMILES string of the molecule is CCC.CCc1ccc(CCCC2(C)C(c3ccccc3)=C(c3ccccc3)c3ccccc32)cc1.c1ccc(C2=C(c3ccccc3)c3ccccc3C2)cc1. The van der Waals surface area contributed by atoms with Crippen LogP contribution in [0.25, 0.3) is 22.3 Å². The van der Waals surface area contributed by atoms with Crippen LogP contribution in [0.15, 0.2) is 194 Å². The first-order chi connectivity index (χ1) is 28.1. The summed E-state index contributed by atoms with van der Waals surface area (Å²) >= 11 is 0. The second-order valence-corrected chi connectivity index (χ2v) is 15.5. The Morgan fingerprint density at radius 1 is 0.439 bits per heavy atom. The predicted octanol–water partition coefficient (Wildman–Crippen LogP) is 15.1. The van der Waals surface area contributed by atoms with Crippen LogP contribution in [0.4, 0.5) is 0 Å². The van der Waals surface area contributed by atoms with Crippen LogP contribution < -0.4 is 0 Å². The lowest BCUT2D eigenvalue weighted by molar-refractivity contribution is 0.536. The van der Waals surface area contributed by atoms with Crippen molar-refractivity contribution in [1.29, 1.82) is 0 Å². The van der Waals surface area contributed by atoms with E-state index in [1.54, 1.807) is 0 Å². The lowest BCUT2D eigenvalue weighted by Gasteiger charge is -2.31. The van der Waals surface area contributed by atoms with E-state index in [2.05, 4.69) is 222 Å². The van der Waals surface area contributed by atoms with E-state index < -0.39 is 0 Å². The van der Waals surface area contributed by atoms with Crippen molar-refractivity contribution in [3.8, 4) is 0 Å². The van der Waals surface area contributed by atoms with Gasteiger partial charge in [0.25, 0.3) is 0 Å². The monoisotopic (exact) mass is 740 g/mol. The van der Waals surface area contributed by atoms with Gasteiger partial charge in [0.2, 0.25) is 0 Å². The lowest BCUT2D eigenvalue weighted by Crippen LogP contribution is -2.22. The number of rotatable bonds is 9. The molecule has 7 aromatic rings. The van der Waals surface area contributed by atoms with Crippen molar-refractivity contribution in [2.24, 2.45) is 0 Å². The molecular weight excluding hydrogens is 685 g/mol. The highest BCUT2D eigenvalue weighted by molar-refractivity contribution is 6.07. The standard InChI is InChI=1S/C33H32.C21H16.C3H8/c1-3-25-20-22-26(23-21-25)13-12-24-33(2)30-19-11-10-18-29(30)31(27-14-6-4-7-15-27)32(33)28-16-8-5-9-17-28;1-3-9-16(10-4-1)20-15-18-13-7-8-14-19(18)21(20)17-11-5-2-6-12-17;1-3-2/h4-11,14-23H,3,12-13,24H2,1-2H3;1-14H,15H2;3H2,1-2H3. The zero-order valence-electron chi connectivity index (χ0n) is 34.2. The molecule has 0 radical (unpaired) electrons. The normalized spacial score (nSPS) is 15.2. The summed E-state index contributed by atoms with van der Waals surface area (Å²) in [6.07, 6.45) is 6.77. The van der Waals surface area contributed by atoms with Crippen molar-refractivity contribution < 1.29 is 0 Å². The van der Waals surface area contributed by atoms with Gasteiger partial charge in [-0.25, -0.2) is 0 Å². The number of benzene rings is 7. The van der Waals surface area contributed by atoms with Crippen molar-refractivity contribution in [3.05, 3.63) is 250 Å². The van der Waals surface area contributed by atoms with Crippen molar-refractivity contribution in [3.63, 3.8) is 0 Å². The maximum atomic E-state index is 2.46. The lowest BCUT2D eigenvalue weighted by atomic mass is 9.72. The Morgan fingerprint density at radius 3 is 1.47 bits per heavy atom. The Bertz CT molecular complexity index is 2400. The average Bonchev–Trinajstić information content (AvgIpc) is 3.79. The van der Waals surface area contributed by atoms with E-state index in [1.807, 2.05) is 0 Å². The third kappa shape index (κ3) is 8.72. The van der Waals surface area contributed by atoms with Gasteiger partial charge in [-0.2, -0.15) is 0 Å². The van der Waals surface area contributed by atoms with Crippen molar-refractivity contribution >= 4 is 22.3 Å². The molecule has 0 aromatic heterocycles. The molecule has 1 atom stereocenters. The molecule has 1 unspecified atom stereocenters. The van der Waals surface area contributed by atoms with Gasteiger partial charge in [0.05, 0.1) is 0 Å². The summed E-state index contributed by atoms with van der Waals surface area (Å²) in [5.41, 5.74) is 19.4. The van der Waals surface area contributed by atoms with Crippen LogP contribution in [0, 0.1) is 0 Å². The van der Waals surface area contributed by atoms with Crippen LogP contribution in [-0.2, 0) is 24.7 Å². The highest BCUT2D eigenvalue weighted by Gasteiger charge is 2.41. The van der Waals surface area contributed by atoms with Crippen LogP contribution in [0.1, 0.15) is 103 Å². The van der Waals surface area contributed by atoms with Gasteiger partial charge in [-0.1, -0.05) is 228 Å². The van der Waals surface area contributed by atoms with Gasteiger partial charge in [-0.3, -0.25) is 0 Å². The molecule has 0 nitrogen and oxygen atoms in total. The highest BCUT2D eigenvalue weighted by atomic mass is 14.4. The molecule has 0 heteroatoms. The Labute approximate surface area is 342 Å². The molecule has 2 aliphatic rings. The largest absolute Gasteiger partial charge is 0.0656 e. The number of allylic oxidation sites excluding steroid dienone is 2. The molecule has 0 amide bonds.